The van der Waals surface area contributed by atoms with Crippen LogP contribution in [-0.2, 0) is 0 Å². The Hall–Kier alpha value is -1.15. The lowest BCUT2D eigenvalue weighted by molar-refractivity contribution is 1.22. The summed E-state index contributed by atoms with van der Waals surface area (Å²) in [4.78, 5) is 0.931. The largest absolute Gasteiger partial charge is 0.398 e. The van der Waals surface area contributed by atoms with Gasteiger partial charge >= 0.3 is 0 Å². The minimum Gasteiger partial charge on any atom is -0.398 e. The predicted octanol–water partition coefficient (Wildman–Crippen LogP) is 4.30. The third-order valence-electron chi connectivity index (χ3n) is 3.66. The van der Waals surface area contributed by atoms with E-state index in [0.717, 1.165) is 21.7 Å². The van der Waals surface area contributed by atoms with Crippen LogP contribution in [0, 0.1) is 27.7 Å². The summed E-state index contributed by atoms with van der Waals surface area (Å²) in [6.45, 7) is 12.4. The molecule has 0 radical (unpaired) electrons. The van der Waals surface area contributed by atoms with Crippen molar-refractivity contribution in [3.05, 3.63) is 33.4 Å². The van der Waals surface area contributed by atoms with E-state index in [1.807, 2.05) is 13.8 Å². The Kier molecular flexibility index (Phi) is 4.10. The van der Waals surface area contributed by atoms with Crippen LogP contribution in [0.5, 0.6) is 0 Å². The lowest BCUT2D eigenvalue weighted by atomic mass is 9.91. The van der Waals surface area contributed by atoms with E-state index < -0.39 is 0 Å². The molecule has 17 heavy (non-hydrogen) atoms. The summed E-state index contributed by atoms with van der Waals surface area (Å²) in [6.07, 6.45) is 2.15. The number of allylic oxidation sites excluding steroid dienone is 1. The number of rotatable bonds is 2. The third-order valence-corrected chi connectivity index (χ3v) is 3.98. The number of benzene rings is 1. The highest BCUT2D eigenvalue weighted by atomic mass is 32.1. The fourth-order valence-electron chi connectivity index (χ4n) is 1.93. The number of hydrogen-bond acceptors (Lipinski definition) is 2. The average molecular weight is 247 g/mol. The third kappa shape index (κ3) is 2.58. The van der Waals surface area contributed by atoms with Gasteiger partial charge in [0.25, 0.3) is 0 Å². The summed E-state index contributed by atoms with van der Waals surface area (Å²) in [7, 11) is 0. The van der Waals surface area contributed by atoms with Crippen LogP contribution in [0.15, 0.2) is 5.57 Å². The Morgan fingerprint density at radius 2 is 1.47 bits per heavy atom. The summed E-state index contributed by atoms with van der Waals surface area (Å²) in [6, 6.07) is 0. The lowest BCUT2D eigenvalue weighted by Crippen LogP contribution is -2.03. The van der Waals surface area contributed by atoms with E-state index in [1.54, 1.807) is 0 Å². The van der Waals surface area contributed by atoms with Crippen molar-refractivity contribution >= 4 is 28.8 Å². The predicted molar refractivity (Wildman–Crippen MR) is 81.7 cm³/mol. The van der Waals surface area contributed by atoms with Gasteiger partial charge in [0, 0.05) is 10.6 Å². The average Bonchev–Trinajstić information content (AvgIpc) is 2.29. The minimum absolute atomic E-state index is 0.897. The standard InChI is InChI=1S/C15H21NS/c1-8(13(6)17)7-14-10(3)9(2)11(4)15(16)12(14)5/h7H,16H2,1-6H3/b8-7+. The van der Waals surface area contributed by atoms with Crippen molar-refractivity contribution in [3.8, 4) is 0 Å². The van der Waals surface area contributed by atoms with Crippen molar-refractivity contribution < 1.29 is 0 Å². The Balaban J connectivity index is 3.56. The van der Waals surface area contributed by atoms with E-state index in [9.17, 15) is 0 Å². The molecule has 0 amide bonds. The Morgan fingerprint density at radius 3 is 1.94 bits per heavy atom. The Labute approximate surface area is 110 Å². The van der Waals surface area contributed by atoms with E-state index >= 15 is 0 Å². The highest BCUT2D eigenvalue weighted by molar-refractivity contribution is 7.80. The second kappa shape index (κ2) is 5.01. The van der Waals surface area contributed by atoms with Gasteiger partial charge in [-0.05, 0) is 74.9 Å². The summed E-state index contributed by atoms with van der Waals surface area (Å²) in [5.74, 6) is 0. The molecular weight excluding hydrogens is 226 g/mol. The molecule has 0 saturated heterocycles. The first-order valence-corrected chi connectivity index (χ1v) is 6.23. The van der Waals surface area contributed by atoms with E-state index in [1.165, 1.54) is 22.3 Å². The fraction of sp³-hybridized carbons (Fsp3) is 0.400. The van der Waals surface area contributed by atoms with Gasteiger partial charge < -0.3 is 5.73 Å². The summed E-state index contributed by atoms with van der Waals surface area (Å²) in [5, 5.41) is 0. The number of anilines is 1. The maximum atomic E-state index is 6.14. The normalized spacial score (nSPS) is 11.8. The molecule has 2 heteroatoms. The summed E-state index contributed by atoms with van der Waals surface area (Å²) < 4.78 is 0. The minimum atomic E-state index is 0.897. The van der Waals surface area contributed by atoms with Crippen molar-refractivity contribution in [2.75, 3.05) is 5.73 Å². The van der Waals surface area contributed by atoms with Crippen LogP contribution < -0.4 is 5.73 Å². The zero-order valence-corrected chi connectivity index (χ0v) is 12.4. The van der Waals surface area contributed by atoms with Crippen LogP contribution in [0.4, 0.5) is 5.69 Å². The van der Waals surface area contributed by atoms with Crippen molar-refractivity contribution in [2.45, 2.75) is 41.5 Å². The van der Waals surface area contributed by atoms with Gasteiger partial charge in [0.1, 0.15) is 0 Å². The number of nitrogen functional groups attached to an aromatic ring is 1. The first-order chi connectivity index (χ1) is 7.77. The molecule has 0 spiro atoms. The highest BCUT2D eigenvalue weighted by Gasteiger charge is 2.11. The molecule has 0 aromatic heterocycles. The molecular formula is C15H21NS. The smallest absolute Gasteiger partial charge is 0.0382 e. The van der Waals surface area contributed by atoms with Crippen LogP contribution >= 0.6 is 12.2 Å². The van der Waals surface area contributed by atoms with E-state index in [-0.39, 0.29) is 0 Å². The Morgan fingerprint density at radius 1 is 0.941 bits per heavy atom. The molecule has 0 saturated carbocycles. The van der Waals surface area contributed by atoms with Gasteiger partial charge in [0.2, 0.25) is 0 Å². The van der Waals surface area contributed by atoms with E-state index in [4.69, 9.17) is 18.0 Å². The van der Waals surface area contributed by atoms with E-state index in [0.29, 0.717) is 0 Å². The highest BCUT2D eigenvalue weighted by Crippen LogP contribution is 2.30. The van der Waals surface area contributed by atoms with Gasteiger partial charge in [-0.15, -0.1) is 0 Å². The molecule has 1 aromatic carbocycles. The molecule has 1 rings (SSSR count). The van der Waals surface area contributed by atoms with Crippen LogP contribution in [0.3, 0.4) is 0 Å². The van der Waals surface area contributed by atoms with Crippen molar-refractivity contribution in [3.63, 3.8) is 0 Å². The van der Waals surface area contributed by atoms with Gasteiger partial charge in [-0.1, -0.05) is 18.3 Å². The van der Waals surface area contributed by atoms with Crippen LogP contribution in [0.25, 0.3) is 6.08 Å². The van der Waals surface area contributed by atoms with Crippen molar-refractivity contribution in [1.82, 2.24) is 0 Å². The molecule has 0 unspecified atom stereocenters. The monoisotopic (exact) mass is 247 g/mol. The van der Waals surface area contributed by atoms with Crippen molar-refractivity contribution in [2.24, 2.45) is 0 Å². The van der Waals surface area contributed by atoms with E-state index in [2.05, 4.69) is 33.8 Å². The molecule has 92 valence electrons. The second-order valence-corrected chi connectivity index (χ2v) is 5.32. The first-order valence-electron chi connectivity index (χ1n) is 5.82. The number of nitrogens with two attached hydrogens (primary N) is 1. The fourth-order valence-corrected chi connectivity index (χ4v) is 1.99. The molecule has 2 N–H and O–H groups in total. The molecule has 1 nitrogen and oxygen atoms in total. The number of hydrogen-bond donors (Lipinski definition) is 1. The van der Waals surface area contributed by atoms with Gasteiger partial charge in [0.15, 0.2) is 0 Å². The molecule has 1 aromatic rings. The zero-order valence-electron chi connectivity index (χ0n) is 11.6. The quantitative estimate of drug-likeness (QED) is 0.479. The topological polar surface area (TPSA) is 26.0 Å². The van der Waals surface area contributed by atoms with Gasteiger partial charge in [-0.3, -0.25) is 0 Å². The molecule has 0 atom stereocenters. The number of thiocarbonyl (C=S) groups is 1. The van der Waals surface area contributed by atoms with Crippen LogP contribution in [0.1, 0.15) is 41.7 Å². The SMILES string of the molecule is CC(=S)/C(C)=C/c1c(C)c(C)c(C)c(N)c1C. The molecule has 0 fully saturated rings. The molecule has 0 aliphatic rings. The first kappa shape index (κ1) is 13.9. The maximum absolute atomic E-state index is 6.14. The maximum Gasteiger partial charge on any atom is 0.0382 e. The molecule has 0 heterocycles. The Bertz CT molecular complexity index is 481. The van der Waals surface area contributed by atoms with Crippen LogP contribution in [-0.4, -0.2) is 4.86 Å². The van der Waals surface area contributed by atoms with Crippen molar-refractivity contribution in [1.29, 1.82) is 0 Å². The molecule has 0 aliphatic heterocycles. The van der Waals surface area contributed by atoms with Crippen LogP contribution in [0.2, 0.25) is 0 Å². The second-order valence-electron chi connectivity index (χ2n) is 4.71. The lowest BCUT2D eigenvalue weighted by Gasteiger charge is -2.16. The zero-order chi connectivity index (χ0) is 13.3. The summed E-state index contributed by atoms with van der Waals surface area (Å²) in [5.41, 5.74) is 14.3. The summed E-state index contributed by atoms with van der Waals surface area (Å²) >= 11 is 5.20. The molecule has 0 aliphatic carbocycles. The van der Waals surface area contributed by atoms with Gasteiger partial charge in [-0.25, -0.2) is 0 Å². The van der Waals surface area contributed by atoms with Gasteiger partial charge in [-0.2, -0.15) is 0 Å². The van der Waals surface area contributed by atoms with Gasteiger partial charge in [0.05, 0.1) is 0 Å². The molecule has 0 bridgehead atoms.